The van der Waals surface area contributed by atoms with Crippen molar-refractivity contribution in [1.82, 2.24) is 4.90 Å². The van der Waals surface area contributed by atoms with E-state index in [4.69, 9.17) is 25.4 Å². The van der Waals surface area contributed by atoms with Crippen molar-refractivity contribution in [1.29, 1.82) is 5.41 Å². The van der Waals surface area contributed by atoms with Crippen molar-refractivity contribution in [3.8, 4) is 5.75 Å². The predicted octanol–water partition coefficient (Wildman–Crippen LogP) is 3.83. The van der Waals surface area contributed by atoms with Crippen LogP contribution in [0, 0.1) is 5.41 Å². The fourth-order valence-corrected chi connectivity index (χ4v) is 3.32. The molecule has 3 N–H and O–H groups in total. The number of nitrogens with two attached hydrogens (primary N) is 1. The molecule has 0 atom stereocenters. The van der Waals surface area contributed by atoms with Gasteiger partial charge in [0.2, 0.25) is 5.91 Å². The van der Waals surface area contributed by atoms with Gasteiger partial charge in [0.1, 0.15) is 11.6 Å². The molecule has 37 heavy (non-hydrogen) atoms. The van der Waals surface area contributed by atoms with E-state index in [0.29, 0.717) is 48.6 Å². The van der Waals surface area contributed by atoms with Gasteiger partial charge in [0.25, 0.3) is 0 Å². The molecule has 0 aliphatic heterocycles. The van der Waals surface area contributed by atoms with Crippen molar-refractivity contribution >= 4 is 42.2 Å². The number of hydrogen-bond acceptors (Lipinski definition) is 7. The lowest BCUT2D eigenvalue weighted by atomic mass is 10.1. The number of nitrogens with zero attached hydrogens (tertiary/aromatic N) is 1. The van der Waals surface area contributed by atoms with Gasteiger partial charge in [-0.05, 0) is 68.3 Å². The first-order chi connectivity index (χ1) is 17.2. The standard InChI is InChI=1S/C27H33N3O6.ClH/c1-4-35-24(31)14-16-30(15-5-17-34-3)26(32)19(2)18-20-6-8-22(9-7-20)27(33)36-23-12-10-21(11-13-23)25(28)29;/h6-13,18H,4-5,14-17H2,1-3H3,(H3,28,29);1H/b19-18+;. The summed E-state index contributed by atoms with van der Waals surface area (Å²) in [6, 6.07) is 13.0. The Balaban J connectivity index is 0.00000684. The number of methoxy groups -OCH3 is 1. The molecule has 0 spiro atoms. The van der Waals surface area contributed by atoms with Gasteiger partial charge in [-0.2, -0.15) is 0 Å². The summed E-state index contributed by atoms with van der Waals surface area (Å²) >= 11 is 0. The molecule has 9 nitrogen and oxygen atoms in total. The summed E-state index contributed by atoms with van der Waals surface area (Å²) in [5.74, 6) is -0.791. The maximum absolute atomic E-state index is 13.0. The lowest BCUT2D eigenvalue weighted by molar-refractivity contribution is -0.143. The fraction of sp³-hybridized carbons (Fsp3) is 0.333. The number of carbonyl (C=O) groups is 3. The number of ether oxygens (including phenoxy) is 3. The van der Waals surface area contributed by atoms with Crippen LogP contribution in [0.2, 0.25) is 0 Å². The molecule has 0 heterocycles. The predicted molar refractivity (Wildman–Crippen MR) is 144 cm³/mol. The van der Waals surface area contributed by atoms with Gasteiger partial charge in [-0.1, -0.05) is 12.1 Å². The number of carbonyl (C=O) groups excluding carboxylic acids is 3. The minimum Gasteiger partial charge on any atom is -0.466 e. The first kappa shape index (κ1) is 31.3. The lowest BCUT2D eigenvalue weighted by Gasteiger charge is -2.22. The monoisotopic (exact) mass is 531 g/mol. The Labute approximate surface area is 223 Å². The van der Waals surface area contributed by atoms with Gasteiger partial charge in [0, 0.05) is 37.9 Å². The van der Waals surface area contributed by atoms with E-state index in [2.05, 4.69) is 0 Å². The first-order valence-corrected chi connectivity index (χ1v) is 11.6. The van der Waals surface area contributed by atoms with Gasteiger partial charge in [-0.15, -0.1) is 12.4 Å². The Morgan fingerprint density at radius 2 is 1.62 bits per heavy atom. The molecule has 0 bridgehead atoms. The van der Waals surface area contributed by atoms with Gasteiger partial charge in [0.05, 0.1) is 18.6 Å². The summed E-state index contributed by atoms with van der Waals surface area (Å²) in [6.07, 6.45) is 2.49. The van der Waals surface area contributed by atoms with Crippen LogP contribution in [0.1, 0.15) is 48.2 Å². The van der Waals surface area contributed by atoms with Crippen molar-refractivity contribution in [3.05, 3.63) is 70.8 Å². The maximum atomic E-state index is 13.0. The summed E-state index contributed by atoms with van der Waals surface area (Å²) in [4.78, 5) is 38.8. The highest BCUT2D eigenvalue weighted by atomic mass is 35.5. The van der Waals surface area contributed by atoms with Crippen molar-refractivity contribution in [2.45, 2.75) is 26.7 Å². The summed E-state index contributed by atoms with van der Waals surface area (Å²) in [5, 5.41) is 7.41. The highest BCUT2D eigenvalue weighted by molar-refractivity contribution is 5.98. The molecular formula is C27H34ClN3O6. The zero-order valence-electron chi connectivity index (χ0n) is 21.3. The number of halogens is 1. The van der Waals surface area contributed by atoms with E-state index >= 15 is 0 Å². The Kier molecular flexibility index (Phi) is 13.7. The fourth-order valence-electron chi connectivity index (χ4n) is 3.32. The summed E-state index contributed by atoms with van der Waals surface area (Å²) in [5.41, 5.74) is 7.55. The molecule has 0 aromatic heterocycles. The minimum atomic E-state index is -0.530. The number of amides is 1. The number of esters is 2. The number of benzene rings is 2. The average molecular weight is 532 g/mol. The molecule has 200 valence electrons. The lowest BCUT2D eigenvalue weighted by Crippen LogP contribution is -2.35. The molecule has 0 aliphatic rings. The van der Waals surface area contributed by atoms with Crippen LogP contribution in [0.5, 0.6) is 5.75 Å². The topological polar surface area (TPSA) is 132 Å². The highest BCUT2D eigenvalue weighted by Crippen LogP contribution is 2.16. The largest absolute Gasteiger partial charge is 0.466 e. The zero-order valence-corrected chi connectivity index (χ0v) is 22.1. The third-order valence-electron chi connectivity index (χ3n) is 5.20. The zero-order chi connectivity index (χ0) is 26.5. The SMILES string of the molecule is CCOC(=O)CCN(CCCOC)C(=O)/C(C)=C/c1ccc(C(=O)Oc2ccc(C(=N)N)cc2)cc1.Cl. The van der Waals surface area contributed by atoms with Crippen LogP contribution in [0.25, 0.3) is 6.08 Å². The molecule has 10 heteroatoms. The smallest absolute Gasteiger partial charge is 0.343 e. The second-order valence-corrected chi connectivity index (χ2v) is 7.97. The number of nitrogens with one attached hydrogen (secondary N) is 1. The summed E-state index contributed by atoms with van der Waals surface area (Å²) in [6.45, 7) is 4.96. The van der Waals surface area contributed by atoms with Crippen LogP contribution in [0.3, 0.4) is 0 Å². The third-order valence-corrected chi connectivity index (χ3v) is 5.20. The average Bonchev–Trinajstić information content (AvgIpc) is 2.86. The Hall–Kier alpha value is -3.69. The van der Waals surface area contributed by atoms with Crippen LogP contribution >= 0.6 is 12.4 Å². The Bertz CT molecular complexity index is 1080. The quantitative estimate of drug-likeness (QED) is 0.100. The molecule has 0 radical (unpaired) electrons. The Morgan fingerprint density at radius 3 is 2.19 bits per heavy atom. The second kappa shape index (κ2) is 16.1. The number of hydrogen-bond donors (Lipinski definition) is 2. The van der Waals surface area contributed by atoms with Crippen LogP contribution in [0.15, 0.2) is 54.1 Å². The molecule has 0 unspecified atom stereocenters. The maximum Gasteiger partial charge on any atom is 0.343 e. The van der Waals surface area contributed by atoms with Gasteiger partial charge in [-0.25, -0.2) is 4.79 Å². The van der Waals surface area contributed by atoms with Gasteiger partial charge in [0.15, 0.2) is 0 Å². The van der Waals surface area contributed by atoms with E-state index in [9.17, 15) is 14.4 Å². The molecule has 0 saturated carbocycles. The van der Waals surface area contributed by atoms with Gasteiger partial charge >= 0.3 is 11.9 Å². The number of rotatable bonds is 13. The Morgan fingerprint density at radius 1 is 1.00 bits per heavy atom. The van der Waals surface area contributed by atoms with Crippen molar-refractivity contribution < 1.29 is 28.6 Å². The van der Waals surface area contributed by atoms with E-state index in [0.717, 1.165) is 5.56 Å². The summed E-state index contributed by atoms with van der Waals surface area (Å²) in [7, 11) is 1.60. The molecule has 1 amide bonds. The summed E-state index contributed by atoms with van der Waals surface area (Å²) < 4.78 is 15.4. The van der Waals surface area contributed by atoms with E-state index in [1.54, 1.807) is 80.5 Å². The molecule has 0 saturated heterocycles. The highest BCUT2D eigenvalue weighted by Gasteiger charge is 2.17. The second-order valence-electron chi connectivity index (χ2n) is 7.97. The number of amidine groups is 1. The van der Waals surface area contributed by atoms with Crippen molar-refractivity contribution in [2.75, 3.05) is 33.4 Å². The molecule has 0 aliphatic carbocycles. The van der Waals surface area contributed by atoms with Crippen LogP contribution < -0.4 is 10.5 Å². The molecule has 0 fully saturated rings. The minimum absolute atomic E-state index is 0. The molecule has 2 aromatic rings. The van der Waals surface area contributed by atoms with E-state index in [1.807, 2.05) is 0 Å². The normalized spacial score (nSPS) is 10.7. The van der Waals surface area contributed by atoms with Crippen LogP contribution in [0.4, 0.5) is 0 Å². The van der Waals surface area contributed by atoms with Crippen molar-refractivity contribution in [2.24, 2.45) is 5.73 Å². The molecule has 2 rings (SSSR count). The van der Waals surface area contributed by atoms with Crippen LogP contribution in [-0.4, -0.2) is 62.0 Å². The van der Waals surface area contributed by atoms with Crippen molar-refractivity contribution in [3.63, 3.8) is 0 Å². The van der Waals surface area contributed by atoms with Crippen LogP contribution in [-0.2, 0) is 19.1 Å². The van der Waals surface area contributed by atoms with E-state index in [-0.39, 0.29) is 43.1 Å². The first-order valence-electron chi connectivity index (χ1n) is 11.6. The molecular weight excluding hydrogens is 498 g/mol. The molecule has 2 aromatic carbocycles. The van der Waals surface area contributed by atoms with Gasteiger partial charge in [-0.3, -0.25) is 15.0 Å². The van der Waals surface area contributed by atoms with E-state index < -0.39 is 5.97 Å². The third kappa shape index (κ3) is 10.4. The van der Waals surface area contributed by atoms with Gasteiger partial charge < -0.3 is 24.8 Å². The number of nitrogen functional groups attached to an aromatic ring is 1. The van der Waals surface area contributed by atoms with E-state index in [1.165, 1.54) is 0 Å².